The van der Waals surface area contributed by atoms with Crippen molar-refractivity contribution >= 4 is 17.9 Å². The van der Waals surface area contributed by atoms with E-state index in [0.29, 0.717) is 19.3 Å². The summed E-state index contributed by atoms with van der Waals surface area (Å²) in [5.41, 5.74) is 0. The van der Waals surface area contributed by atoms with Gasteiger partial charge in [-0.05, 0) is 109 Å². The van der Waals surface area contributed by atoms with Crippen LogP contribution in [0.5, 0.6) is 0 Å². The smallest absolute Gasteiger partial charge is 0.306 e. The van der Waals surface area contributed by atoms with Crippen molar-refractivity contribution in [2.45, 2.75) is 258 Å². The van der Waals surface area contributed by atoms with E-state index in [-0.39, 0.29) is 37.5 Å². The largest absolute Gasteiger partial charge is 0.462 e. The van der Waals surface area contributed by atoms with Crippen molar-refractivity contribution in [2.75, 3.05) is 13.2 Å². The van der Waals surface area contributed by atoms with Gasteiger partial charge in [0.25, 0.3) is 0 Å². The Kier molecular flexibility index (Phi) is 51.9. The zero-order chi connectivity index (χ0) is 48.6. The molecular formula is C61H102O6. The van der Waals surface area contributed by atoms with Crippen LogP contribution in [0.3, 0.4) is 0 Å². The highest BCUT2D eigenvalue weighted by Gasteiger charge is 2.19. The molecule has 0 radical (unpaired) electrons. The van der Waals surface area contributed by atoms with E-state index in [4.69, 9.17) is 14.2 Å². The topological polar surface area (TPSA) is 78.9 Å². The number of rotatable bonds is 49. The fraction of sp³-hybridized carbons (Fsp3) is 0.689. The summed E-state index contributed by atoms with van der Waals surface area (Å²) < 4.78 is 16.8. The van der Waals surface area contributed by atoms with Gasteiger partial charge in [0.2, 0.25) is 0 Å². The molecule has 0 aliphatic rings. The average Bonchev–Trinajstić information content (AvgIpc) is 3.33. The Balaban J connectivity index is 4.51. The van der Waals surface area contributed by atoms with Crippen molar-refractivity contribution in [3.8, 4) is 0 Å². The maximum absolute atomic E-state index is 12.8. The third-order valence-electron chi connectivity index (χ3n) is 11.6. The summed E-state index contributed by atoms with van der Waals surface area (Å²) >= 11 is 0. The fourth-order valence-electron chi connectivity index (χ4n) is 7.40. The molecule has 6 nitrogen and oxygen atoms in total. The molecular weight excluding hydrogens is 829 g/mol. The van der Waals surface area contributed by atoms with Gasteiger partial charge in [-0.15, -0.1) is 0 Å². The molecule has 0 amide bonds. The highest BCUT2D eigenvalue weighted by Crippen LogP contribution is 2.14. The molecule has 0 heterocycles. The van der Waals surface area contributed by atoms with Gasteiger partial charge in [0.15, 0.2) is 6.10 Å². The van der Waals surface area contributed by atoms with E-state index in [1.54, 1.807) is 0 Å². The molecule has 0 aromatic rings. The number of ether oxygens (including phenoxy) is 3. The van der Waals surface area contributed by atoms with Crippen LogP contribution in [-0.4, -0.2) is 37.2 Å². The maximum Gasteiger partial charge on any atom is 0.306 e. The third-order valence-corrected chi connectivity index (χ3v) is 11.6. The van der Waals surface area contributed by atoms with Gasteiger partial charge < -0.3 is 14.2 Å². The molecule has 1 atom stereocenters. The Labute approximate surface area is 413 Å². The normalized spacial score (nSPS) is 12.8. The molecule has 0 saturated heterocycles. The minimum atomic E-state index is -0.814. The molecule has 1 unspecified atom stereocenters. The Hall–Kier alpha value is -3.67. The molecule has 0 aliphatic carbocycles. The van der Waals surface area contributed by atoms with Crippen molar-refractivity contribution in [1.82, 2.24) is 0 Å². The number of unbranched alkanes of at least 4 members (excludes halogenated alkanes) is 22. The van der Waals surface area contributed by atoms with Crippen LogP contribution < -0.4 is 0 Å². The van der Waals surface area contributed by atoms with Gasteiger partial charge in [-0.2, -0.15) is 0 Å². The lowest BCUT2D eigenvalue weighted by Gasteiger charge is -2.18. The molecule has 0 aliphatic heterocycles. The van der Waals surface area contributed by atoms with Crippen LogP contribution in [0, 0.1) is 0 Å². The first-order valence-corrected chi connectivity index (χ1v) is 27.7. The van der Waals surface area contributed by atoms with Gasteiger partial charge in [0, 0.05) is 19.3 Å². The van der Waals surface area contributed by atoms with Crippen LogP contribution in [0.25, 0.3) is 0 Å². The summed E-state index contributed by atoms with van der Waals surface area (Å²) in [4.78, 5) is 38.1. The second-order valence-electron chi connectivity index (χ2n) is 18.1. The Bertz CT molecular complexity index is 1350. The highest BCUT2D eigenvalue weighted by molar-refractivity contribution is 5.71. The van der Waals surface area contributed by atoms with Crippen molar-refractivity contribution in [2.24, 2.45) is 0 Å². The van der Waals surface area contributed by atoms with E-state index in [1.807, 2.05) is 6.08 Å². The Morgan fingerprint density at radius 1 is 0.313 bits per heavy atom. The Morgan fingerprint density at radius 2 is 0.612 bits per heavy atom. The van der Waals surface area contributed by atoms with Gasteiger partial charge >= 0.3 is 17.9 Å². The maximum atomic E-state index is 12.8. The number of carbonyl (C=O) groups excluding carboxylic acids is 3. The number of hydrogen-bond acceptors (Lipinski definition) is 6. The van der Waals surface area contributed by atoms with Crippen LogP contribution >= 0.6 is 0 Å². The van der Waals surface area contributed by atoms with E-state index in [0.717, 1.165) is 89.9 Å². The first kappa shape index (κ1) is 63.3. The van der Waals surface area contributed by atoms with Crippen LogP contribution in [0.1, 0.15) is 252 Å². The lowest BCUT2D eigenvalue weighted by atomic mass is 10.1. The van der Waals surface area contributed by atoms with Gasteiger partial charge in [0.1, 0.15) is 13.2 Å². The molecule has 0 bridgehead atoms. The van der Waals surface area contributed by atoms with Crippen molar-refractivity contribution in [1.29, 1.82) is 0 Å². The summed E-state index contributed by atoms with van der Waals surface area (Å²) in [6, 6.07) is 0. The zero-order valence-corrected chi connectivity index (χ0v) is 43.6. The molecule has 0 saturated carbocycles. The van der Waals surface area contributed by atoms with Crippen molar-refractivity contribution in [3.05, 3.63) is 97.2 Å². The van der Waals surface area contributed by atoms with E-state index >= 15 is 0 Å². The molecule has 0 aromatic heterocycles. The van der Waals surface area contributed by atoms with Gasteiger partial charge in [0.05, 0.1) is 0 Å². The molecule has 382 valence electrons. The second-order valence-corrected chi connectivity index (χ2v) is 18.1. The minimum Gasteiger partial charge on any atom is -0.462 e. The number of carbonyl (C=O) groups is 3. The van der Waals surface area contributed by atoms with Crippen molar-refractivity contribution in [3.63, 3.8) is 0 Å². The van der Waals surface area contributed by atoms with Crippen LogP contribution in [0.15, 0.2) is 97.2 Å². The molecule has 0 rings (SSSR count). The minimum absolute atomic E-state index is 0.107. The van der Waals surface area contributed by atoms with E-state index in [2.05, 4.69) is 112 Å². The highest BCUT2D eigenvalue weighted by atomic mass is 16.6. The van der Waals surface area contributed by atoms with Gasteiger partial charge in [-0.3, -0.25) is 14.4 Å². The van der Waals surface area contributed by atoms with E-state index in [1.165, 1.54) is 116 Å². The summed E-state index contributed by atoms with van der Waals surface area (Å²) in [5, 5.41) is 0. The summed E-state index contributed by atoms with van der Waals surface area (Å²) in [7, 11) is 0. The molecule has 0 spiro atoms. The second kappa shape index (κ2) is 54.9. The van der Waals surface area contributed by atoms with Crippen LogP contribution in [0.2, 0.25) is 0 Å². The first-order valence-electron chi connectivity index (χ1n) is 27.7. The Morgan fingerprint density at radius 3 is 1.01 bits per heavy atom. The molecule has 0 fully saturated rings. The van der Waals surface area contributed by atoms with Gasteiger partial charge in [-0.25, -0.2) is 0 Å². The van der Waals surface area contributed by atoms with E-state index < -0.39 is 6.10 Å². The standard InChI is InChI=1S/C61H102O6/c1-4-7-10-13-16-19-22-25-27-29-30-32-33-36-39-42-45-48-51-54-60(63)66-57-58(56-65-59(62)53-50-47-44-41-38-35-24-21-18-15-12-9-6-3)67-61(64)55-52-49-46-43-40-37-34-31-28-26-23-20-17-14-11-8-5-2/h7,10,16,19,21,24-28,30,32,36,39,45,48,58H,4-6,8-9,11-15,17-18,20,22-23,29,31,33-35,37-38,40-44,46-47,49-57H2,1-3H3/b10-7-,19-16-,24-21-,27-25-,28-26-,32-30-,39-36-,48-45-. The third kappa shape index (κ3) is 53.2. The van der Waals surface area contributed by atoms with Crippen molar-refractivity contribution < 1.29 is 28.6 Å². The lowest BCUT2D eigenvalue weighted by Crippen LogP contribution is -2.30. The van der Waals surface area contributed by atoms with Crippen LogP contribution in [-0.2, 0) is 28.6 Å². The monoisotopic (exact) mass is 931 g/mol. The molecule has 0 aromatic carbocycles. The fourth-order valence-corrected chi connectivity index (χ4v) is 7.40. The van der Waals surface area contributed by atoms with Crippen LogP contribution in [0.4, 0.5) is 0 Å². The summed E-state index contributed by atoms with van der Waals surface area (Å²) in [6.07, 6.45) is 72.6. The lowest BCUT2D eigenvalue weighted by molar-refractivity contribution is -0.166. The quantitative estimate of drug-likeness (QED) is 0.0262. The van der Waals surface area contributed by atoms with Gasteiger partial charge in [-0.1, -0.05) is 221 Å². The molecule has 0 N–H and O–H groups in total. The summed E-state index contributed by atoms with van der Waals surface area (Å²) in [6.45, 7) is 6.43. The predicted octanol–water partition coefficient (Wildman–Crippen LogP) is 18.5. The molecule has 67 heavy (non-hydrogen) atoms. The first-order chi connectivity index (χ1) is 33.0. The summed E-state index contributed by atoms with van der Waals surface area (Å²) in [5.74, 6) is -1.01. The number of esters is 3. The number of hydrogen-bond donors (Lipinski definition) is 0. The van der Waals surface area contributed by atoms with E-state index in [9.17, 15) is 14.4 Å². The number of allylic oxidation sites excluding steroid dienone is 16. The molecule has 6 heteroatoms. The predicted molar refractivity (Wildman–Crippen MR) is 288 cm³/mol. The zero-order valence-electron chi connectivity index (χ0n) is 43.6. The average molecular weight is 931 g/mol. The SMILES string of the molecule is CC/C=C\C/C=C\C/C=C\C/C=C\C/C=C\C/C=C\CCC(=O)OCC(COC(=O)CCCCCCC/C=C\CCCCCC)OC(=O)CCCCCCCCC/C=C\CCCCCCCC.